The molecule has 128 valence electrons. The van der Waals surface area contributed by atoms with Crippen LogP contribution < -0.4 is 4.74 Å². The third-order valence-corrected chi connectivity index (χ3v) is 5.07. The number of fused-ring (bicyclic) bond motifs is 1. The van der Waals surface area contributed by atoms with E-state index in [0.717, 1.165) is 29.3 Å². The fourth-order valence-corrected chi connectivity index (χ4v) is 4.56. The van der Waals surface area contributed by atoms with Crippen molar-refractivity contribution < 1.29 is 4.74 Å². The van der Waals surface area contributed by atoms with Crippen molar-refractivity contribution in [1.82, 2.24) is 9.97 Å². The van der Waals surface area contributed by atoms with Gasteiger partial charge in [0.2, 0.25) is 0 Å². The Morgan fingerprint density at radius 3 is 2.88 bits per heavy atom. The first-order chi connectivity index (χ1) is 12.5. The molecule has 3 aromatic rings. The maximum Gasteiger partial charge on any atom is 0.149 e. The van der Waals surface area contributed by atoms with Crippen LogP contribution in [0.15, 0.2) is 30.3 Å². The van der Waals surface area contributed by atoms with Crippen molar-refractivity contribution in [2.24, 2.45) is 0 Å². The highest BCUT2D eigenvalue weighted by Gasteiger charge is 2.13. The summed E-state index contributed by atoms with van der Waals surface area (Å²) in [5.74, 6) is 3.68. The Labute approximate surface area is 178 Å². The minimum Gasteiger partial charge on any atom is -0.479 e. The maximum absolute atomic E-state index is 9.67. The lowest BCUT2D eigenvalue weighted by molar-refractivity contribution is 0.367. The van der Waals surface area contributed by atoms with E-state index in [1.807, 2.05) is 37.3 Å². The van der Waals surface area contributed by atoms with E-state index < -0.39 is 0 Å². The second kappa shape index (κ2) is 8.11. The summed E-state index contributed by atoms with van der Waals surface area (Å²) < 4.78 is 7.68. The summed E-state index contributed by atoms with van der Waals surface area (Å²) in [6.07, 6.45) is 7.10. The summed E-state index contributed by atoms with van der Waals surface area (Å²) in [5, 5.41) is 9.67. The second-order valence-electron chi connectivity index (χ2n) is 5.57. The van der Waals surface area contributed by atoms with Crippen LogP contribution in [-0.2, 0) is 0 Å². The van der Waals surface area contributed by atoms with Gasteiger partial charge in [0, 0.05) is 9.13 Å². The number of nitrogens with one attached hydrogen (secondary N) is 1. The lowest BCUT2D eigenvalue weighted by Gasteiger charge is -2.10. The molecule has 0 radical (unpaired) electrons. The van der Waals surface area contributed by atoms with Gasteiger partial charge in [0.1, 0.15) is 24.3 Å². The number of nitrogens with zero attached hydrogens (tertiary/aromatic N) is 2. The molecule has 0 amide bonds. The van der Waals surface area contributed by atoms with Crippen molar-refractivity contribution >= 4 is 67.9 Å². The van der Waals surface area contributed by atoms with E-state index >= 15 is 0 Å². The van der Waals surface area contributed by atoms with E-state index in [1.165, 1.54) is 0 Å². The Bertz CT molecular complexity index is 1100. The van der Waals surface area contributed by atoms with E-state index in [0.29, 0.717) is 17.1 Å². The number of H-pyrrole nitrogens is 1. The Hall–Kier alpha value is -2.04. The Morgan fingerprint density at radius 1 is 1.35 bits per heavy atom. The van der Waals surface area contributed by atoms with Crippen molar-refractivity contribution in [2.45, 2.75) is 6.92 Å². The van der Waals surface area contributed by atoms with Crippen LogP contribution in [0.3, 0.4) is 0 Å². The summed E-state index contributed by atoms with van der Waals surface area (Å²) in [6.45, 7) is 2.19. The first kappa shape index (κ1) is 18.7. The molecule has 0 spiro atoms. The molecular formula is C20H13I2N3O. The zero-order valence-corrected chi connectivity index (χ0v) is 18.1. The number of aromatic nitrogens is 2. The molecule has 1 heterocycles. The van der Waals surface area contributed by atoms with E-state index in [-0.39, 0.29) is 6.61 Å². The normalized spacial score (nSPS) is 11.2. The van der Waals surface area contributed by atoms with Crippen LogP contribution >= 0.6 is 45.2 Å². The number of imidazole rings is 1. The Morgan fingerprint density at radius 2 is 2.15 bits per heavy atom. The van der Waals surface area contributed by atoms with Crippen LogP contribution in [-0.4, -0.2) is 16.6 Å². The molecule has 3 rings (SSSR count). The van der Waals surface area contributed by atoms with Crippen LogP contribution in [0, 0.1) is 37.7 Å². The van der Waals surface area contributed by atoms with Gasteiger partial charge in [-0.3, -0.25) is 0 Å². The molecule has 1 aromatic heterocycles. The first-order valence-corrected chi connectivity index (χ1v) is 9.81. The molecule has 26 heavy (non-hydrogen) atoms. The highest BCUT2D eigenvalue weighted by molar-refractivity contribution is 14.1. The van der Waals surface area contributed by atoms with Crippen LogP contribution in [0.1, 0.15) is 17.0 Å². The van der Waals surface area contributed by atoms with Crippen LogP contribution in [0.5, 0.6) is 5.75 Å². The predicted octanol–water partition coefficient (Wildman–Crippen LogP) is 5.16. The molecule has 0 atom stereocenters. The topological polar surface area (TPSA) is 61.7 Å². The minimum atomic E-state index is 0.170. The molecule has 0 unspecified atom stereocenters. The monoisotopic (exact) mass is 565 g/mol. The number of aromatic amines is 1. The van der Waals surface area contributed by atoms with Gasteiger partial charge in [-0.2, -0.15) is 5.26 Å². The predicted molar refractivity (Wildman–Crippen MR) is 121 cm³/mol. The number of ether oxygens (including phenoxy) is 1. The number of terminal acetylenes is 1. The average Bonchev–Trinajstić information content (AvgIpc) is 3.01. The fraction of sp³-hybridized carbons (Fsp3) is 0.100. The number of rotatable bonds is 4. The smallest absolute Gasteiger partial charge is 0.149 e. The van der Waals surface area contributed by atoms with E-state index in [2.05, 4.69) is 67.1 Å². The summed E-state index contributed by atoms with van der Waals surface area (Å²) in [4.78, 5) is 7.76. The van der Waals surface area contributed by atoms with Gasteiger partial charge in [0.15, 0.2) is 0 Å². The quantitative estimate of drug-likeness (QED) is 0.271. The third-order valence-electron chi connectivity index (χ3n) is 3.65. The lowest BCUT2D eigenvalue weighted by Crippen LogP contribution is -1.99. The molecule has 0 aliphatic heterocycles. The van der Waals surface area contributed by atoms with Gasteiger partial charge in [-0.25, -0.2) is 4.98 Å². The molecule has 0 fully saturated rings. The second-order valence-corrected chi connectivity index (χ2v) is 7.98. The summed E-state index contributed by atoms with van der Waals surface area (Å²) >= 11 is 4.44. The van der Waals surface area contributed by atoms with Gasteiger partial charge >= 0.3 is 0 Å². The summed E-state index contributed by atoms with van der Waals surface area (Å²) in [6, 6.07) is 12.1. The maximum atomic E-state index is 9.67. The Balaban J connectivity index is 2.11. The molecule has 6 heteroatoms. The highest BCUT2D eigenvalue weighted by atomic mass is 127. The summed E-state index contributed by atoms with van der Waals surface area (Å²) in [5.41, 5.74) is 4.09. The fourth-order valence-electron chi connectivity index (χ4n) is 2.51. The average molecular weight is 565 g/mol. The lowest BCUT2D eigenvalue weighted by atomic mass is 10.1. The van der Waals surface area contributed by atoms with Crippen LogP contribution in [0.4, 0.5) is 0 Å². The number of benzene rings is 2. The standard InChI is InChI=1S/C20H13I2N3O/c1-3-6-26-19-13(9-15(21)10-16(19)22)8-14(11-23)20-24-17-5-4-12(2)7-18(17)25-20/h1,4-5,7-10H,6H2,2H3,(H,24,25)/b14-8+. The minimum absolute atomic E-state index is 0.170. The first-order valence-electron chi connectivity index (χ1n) is 7.65. The van der Waals surface area contributed by atoms with Gasteiger partial charge in [0.25, 0.3) is 0 Å². The van der Waals surface area contributed by atoms with E-state index in [4.69, 9.17) is 11.2 Å². The molecule has 0 aliphatic carbocycles. The molecule has 0 aliphatic rings. The zero-order valence-electron chi connectivity index (χ0n) is 13.8. The SMILES string of the molecule is C#CCOc1c(I)cc(I)cc1/C=C(\C#N)c1nc2ccc(C)cc2[nH]1. The molecule has 1 N–H and O–H groups in total. The van der Waals surface area contributed by atoms with Crippen molar-refractivity contribution in [2.75, 3.05) is 6.61 Å². The number of nitriles is 1. The number of hydrogen-bond donors (Lipinski definition) is 1. The van der Waals surface area contributed by atoms with Crippen molar-refractivity contribution in [1.29, 1.82) is 5.26 Å². The molecular weight excluding hydrogens is 552 g/mol. The van der Waals surface area contributed by atoms with E-state index in [1.54, 1.807) is 6.08 Å². The Kier molecular flexibility index (Phi) is 5.84. The molecule has 4 nitrogen and oxygen atoms in total. The van der Waals surface area contributed by atoms with Crippen molar-refractivity contribution in [3.8, 4) is 24.2 Å². The summed E-state index contributed by atoms with van der Waals surface area (Å²) in [7, 11) is 0. The number of aryl methyl sites for hydroxylation is 1. The van der Waals surface area contributed by atoms with E-state index in [9.17, 15) is 5.26 Å². The number of allylic oxidation sites excluding steroid dienone is 1. The number of halogens is 2. The van der Waals surface area contributed by atoms with Gasteiger partial charge < -0.3 is 9.72 Å². The molecule has 0 bridgehead atoms. The zero-order chi connectivity index (χ0) is 18.7. The van der Waals surface area contributed by atoms with Gasteiger partial charge in [0.05, 0.1) is 20.2 Å². The largest absolute Gasteiger partial charge is 0.479 e. The van der Waals surface area contributed by atoms with Gasteiger partial charge in [-0.05, 0) is 88.0 Å². The molecule has 0 saturated heterocycles. The van der Waals surface area contributed by atoms with Crippen molar-refractivity contribution in [3.05, 3.63) is 54.4 Å². The number of hydrogen-bond acceptors (Lipinski definition) is 3. The third kappa shape index (κ3) is 4.02. The van der Waals surface area contributed by atoms with Crippen LogP contribution in [0.25, 0.3) is 22.7 Å². The van der Waals surface area contributed by atoms with Crippen LogP contribution in [0.2, 0.25) is 0 Å². The highest BCUT2D eigenvalue weighted by Crippen LogP contribution is 2.31. The molecule has 0 saturated carbocycles. The van der Waals surface area contributed by atoms with Gasteiger partial charge in [-0.1, -0.05) is 12.0 Å². The van der Waals surface area contributed by atoms with Gasteiger partial charge in [-0.15, -0.1) is 6.42 Å². The van der Waals surface area contributed by atoms with Crippen molar-refractivity contribution in [3.63, 3.8) is 0 Å². The molecule has 2 aromatic carbocycles.